The lowest BCUT2D eigenvalue weighted by atomic mass is 9.95. The summed E-state index contributed by atoms with van der Waals surface area (Å²) in [6.45, 7) is 3.67. The second-order valence-electron chi connectivity index (χ2n) is 4.49. The van der Waals surface area contributed by atoms with Gasteiger partial charge in [0.1, 0.15) is 5.56 Å². The largest absolute Gasteiger partial charge is 0.396 e. The molecule has 1 heterocycles. The summed E-state index contributed by atoms with van der Waals surface area (Å²) >= 11 is 0. The monoisotopic (exact) mass is 241 g/mol. The van der Waals surface area contributed by atoms with Gasteiger partial charge in [0, 0.05) is 24.8 Å². The Morgan fingerprint density at radius 3 is 2.65 bits per heavy atom. The molecular weight excluding hydrogens is 226 g/mol. The normalized spacial score (nSPS) is 11.2. The van der Waals surface area contributed by atoms with Crippen molar-refractivity contribution in [2.24, 2.45) is 5.41 Å². The number of H-pyrrole nitrogens is 2. The molecule has 0 saturated heterocycles. The molecule has 1 rings (SSSR count). The first-order valence-corrected chi connectivity index (χ1v) is 5.07. The van der Waals surface area contributed by atoms with E-state index in [2.05, 4.69) is 10.3 Å². The number of amides is 1. The van der Waals surface area contributed by atoms with Gasteiger partial charge in [-0.1, -0.05) is 13.8 Å². The van der Waals surface area contributed by atoms with Crippen LogP contribution < -0.4 is 16.6 Å². The van der Waals surface area contributed by atoms with E-state index in [9.17, 15) is 14.4 Å². The highest BCUT2D eigenvalue weighted by Crippen LogP contribution is 2.11. The Morgan fingerprint density at radius 1 is 1.47 bits per heavy atom. The standard InChI is InChI=1S/C10H15N3O4/c1-10(2,5-14)4-12-7(15)6-3-11-9(17)13-8(6)16/h3,14H,4-5H2,1-2H3,(H,12,15)(H2,11,13,16,17). The molecule has 0 aliphatic carbocycles. The third-order valence-corrected chi connectivity index (χ3v) is 2.22. The zero-order valence-corrected chi connectivity index (χ0v) is 9.66. The molecule has 0 bridgehead atoms. The molecule has 0 saturated carbocycles. The molecule has 17 heavy (non-hydrogen) atoms. The van der Waals surface area contributed by atoms with E-state index in [1.54, 1.807) is 13.8 Å². The Hall–Kier alpha value is -1.89. The van der Waals surface area contributed by atoms with Crippen LogP contribution in [0.25, 0.3) is 0 Å². The van der Waals surface area contributed by atoms with Gasteiger partial charge in [0.25, 0.3) is 11.5 Å². The maximum absolute atomic E-state index is 11.6. The van der Waals surface area contributed by atoms with E-state index < -0.39 is 22.6 Å². The number of hydrogen-bond donors (Lipinski definition) is 4. The maximum Gasteiger partial charge on any atom is 0.325 e. The molecule has 7 heteroatoms. The summed E-state index contributed by atoms with van der Waals surface area (Å²) in [5.41, 5.74) is -2.04. The van der Waals surface area contributed by atoms with Crippen LogP contribution in [0.1, 0.15) is 24.2 Å². The minimum absolute atomic E-state index is 0.0880. The molecule has 0 fully saturated rings. The van der Waals surface area contributed by atoms with E-state index in [4.69, 9.17) is 5.11 Å². The number of carbonyl (C=O) groups is 1. The van der Waals surface area contributed by atoms with E-state index in [0.29, 0.717) is 0 Å². The van der Waals surface area contributed by atoms with Crippen molar-refractivity contribution in [3.05, 3.63) is 32.6 Å². The Bertz CT molecular complexity index is 515. The molecule has 1 aromatic rings. The molecule has 0 spiro atoms. The third kappa shape index (κ3) is 3.56. The molecule has 0 radical (unpaired) electrons. The predicted molar refractivity (Wildman–Crippen MR) is 60.9 cm³/mol. The Morgan fingerprint density at radius 2 is 2.12 bits per heavy atom. The summed E-state index contributed by atoms with van der Waals surface area (Å²) in [6.07, 6.45) is 1.06. The van der Waals surface area contributed by atoms with Crippen LogP contribution in [-0.4, -0.2) is 34.1 Å². The van der Waals surface area contributed by atoms with Crippen LogP contribution in [0.15, 0.2) is 15.8 Å². The van der Waals surface area contributed by atoms with E-state index in [0.717, 1.165) is 6.20 Å². The minimum atomic E-state index is -0.743. The zero-order valence-electron chi connectivity index (χ0n) is 9.66. The van der Waals surface area contributed by atoms with Crippen molar-refractivity contribution >= 4 is 5.91 Å². The number of aliphatic hydroxyl groups is 1. The highest BCUT2D eigenvalue weighted by atomic mass is 16.3. The van der Waals surface area contributed by atoms with Crippen molar-refractivity contribution < 1.29 is 9.90 Å². The first-order valence-electron chi connectivity index (χ1n) is 5.07. The molecular formula is C10H15N3O4. The number of aliphatic hydroxyl groups excluding tert-OH is 1. The van der Waals surface area contributed by atoms with Crippen LogP contribution in [-0.2, 0) is 0 Å². The Labute approximate surface area is 96.9 Å². The molecule has 0 aliphatic rings. The number of aromatic amines is 2. The van der Waals surface area contributed by atoms with Gasteiger partial charge in [-0.15, -0.1) is 0 Å². The zero-order chi connectivity index (χ0) is 13.1. The van der Waals surface area contributed by atoms with Crippen molar-refractivity contribution in [1.82, 2.24) is 15.3 Å². The fourth-order valence-corrected chi connectivity index (χ4v) is 1.05. The number of nitrogens with one attached hydrogen (secondary N) is 3. The smallest absolute Gasteiger partial charge is 0.325 e. The van der Waals surface area contributed by atoms with E-state index >= 15 is 0 Å². The van der Waals surface area contributed by atoms with Crippen molar-refractivity contribution in [2.75, 3.05) is 13.2 Å². The highest BCUT2D eigenvalue weighted by molar-refractivity contribution is 5.93. The lowest BCUT2D eigenvalue weighted by Crippen LogP contribution is -2.39. The SMILES string of the molecule is CC(C)(CO)CNC(=O)c1c[nH]c(=O)[nH]c1=O. The fourth-order valence-electron chi connectivity index (χ4n) is 1.05. The predicted octanol–water partition coefficient (Wildman–Crippen LogP) is -1.19. The van der Waals surface area contributed by atoms with Crippen molar-refractivity contribution in [2.45, 2.75) is 13.8 Å². The van der Waals surface area contributed by atoms with Gasteiger partial charge in [-0.25, -0.2) is 4.79 Å². The van der Waals surface area contributed by atoms with Crippen molar-refractivity contribution in [1.29, 1.82) is 0 Å². The third-order valence-electron chi connectivity index (χ3n) is 2.22. The van der Waals surface area contributed by atoms with Crippen LogP contribution in [0.2, 0.25) is 0 Å². The highest BCUT2D eigenvalue weighted by Gasteiger charge is 2.19. The van der Waals surface area contributed by atoms with Crippen LogP contribution in [0.4, 0.5) is 0 Å². The molecule has 4 N–H and O–H groups in total. The summed E-state index contributed by atoms with van der Waals surface area (Å²) in [5.74, 6) is -0.593. The summed E-state index contributed by atoms with van der Waals surface area (Å²) in [5, 5.41) is 11.5. The molecule has 0 aromatic carbocycles. The first-order chi connectivity index (χ1) is 7.85. The summed E-state index contributed by atoms with van der Waals surface area (Å²) in [7, 11) is 0. The van der Waals surface area contributed by atoms with Gasteiger partial charge in [-0.3, -0.25) is 14.6 Å². The molecule has 7 nitrogen and oxygen atoms in total. The second-order valence-corrected chi connectivity index (χ2v) is 4.49. The van der Waals surface area contributed by atoms with Gasteiger partial charge in [0.05, 0.1) is 0 Å². The maximum atomic E-state index is 11.6. The average molecular weight is 241 g/mol. The van der Waals surface area contributed by atoms with Crippen LogP contribution in [0, 0.1) is 5.41 Å². The molecule has 0 atom stereocenters. The Kier molecular flexibility index (Phi) is 3.84. The number of carbonyl (C=O) groups excluding carboxylic acids is 1. The lowest BCUT2D eigenvalue weighted by molar-refractivity contribution is 0.0909. The van der Waals surface area contributed by atoms with Crippen LogP contribution in [0.3, 0.4) is 0 Å². The van der Waals surface area contributed by atoms with Gasteiger partial charge in [-0.05, 0) is 0 Å². The average Bonchev–Trinajstić information content (AvgIpc) is 2.26. The fraction of sp³-hybridized carbons (Fsp3) is 0.500. The van der Waals surface area contributed by atoms with Crippen molar-refractivity contribution in [3.63, 3.8) is 0 Å². The summed E-state index contributed by atoms with van der Waals surface area (Å²) < 4.78 is 0. The van der Waals surface area contributed by atoms with Crippen molar-refractivity contribution in [3.8, 4) is 0 Å². The summed E-state index contributed by atoms with van der Waals surface area (Å²) in [6, 6.07) is 0. The molecule has 0 aliphatic heterocycles. The van der Waals surface area contributed by atoms with E-state index in [1.165, 1.54) is 0 Å². The number of rotatable bonds is 4. The second kappa shape index (κ2) is 4.96. The number of aromatic nitrogens is 2. The van der Waals surface area contributed by atoms with E-state index in [-0.39, 0.29) is 18.7 Å². The van der Waals surface area contributed by atoms with E-state index in [1.807, 2.05) is 4.98 Å². The quantitative estimate of drug-likeness (QED) is 0.530. The van der Waals surface area contributed by atoms with Gasteiger partial charge in [-0.2, -0.15) is 0 Å². The van der Waals surface area contributed by atoms with Gasteiger partial charge < -0.3 is 15.4 Å². The molecule has 1 amide bonds. The number of hydrogen-bond acceptors (Lipinski definition) is 4. The first kappa shape index (κ1) is 13.2. The topological polar surface area (TPSA) is 115 Å². The molecule has 1 aromatic heterocycles. The van der Waals surface area contributed by atoms with Gasteiger partial charge >= 0.3 is 5.69 Å². The molecule has 0 unspecified atom stereocenters. The molecule has 94 valence electrons. The van der Waals surface area contributed by atoms with Crippen LogP contribution >= 0.6 is 0 Å². The Balaban J connectivity index is 2.78. The lowest BCUT2D eigenvalue weighted by Gasteiger charge is -2.21. The minimum Gasteiger partial charge on any atom is -0.396 e. The van der Waals surface area contributed by atoms with Gasteiger partial charge in [0.2, 0.25) is 0 Å². The summed E-state index contributed by atoms with van der Waals surface area (Å²) in [4.78, 5) is 37.8. The van der Waals surface area contributed by atoms with Gasteiger partial charge in [0.15, 0.2) is 0 Å². The van der Waals surface area contributed by atoms with Crippen LogP contribution in [0.5, 0.6) is 0 Å².